The van der Waals surface area contributed by atoms with Gasteiger partial charge >= 0.3 is 0 Å². The van der Waals surface area contributed by atoms with Crippen molar-refractivity contribution in [1.82, 2.24) is 9.97 Å². The van der Waals surface area contributed by atoms with Crippen LogP contribution in [0.1, 0.15) is 50.6 Å². The van der Waals surface area contributed by atoms with Crippen LogP contribution in [0.2, 0.25) is 0 Å². The van der Waals surface area contributed by atoms with Gasteiger partial charge < -0.3 is 14.5 Å². The molecule has 0 spiro atoms. The van der Waals surface area contributed by atoms with Crippen LogP contribution >= 0.6 is 0 Å². The molecule has 0 saturated carbocycles. The van der Waals surface area contributed by atoms with E-state index in [9.17, 15) is 9.18 Å². The van der Waals surface area contributed by atoms with Crippen LogP contribution in [-0.4, -0.2) is 22.6 Å². The number of nitrogens with one attached hydrogen (secondary N) is 1. The van der Waals surface area contributed by atoms with E-state index in [0.29, 0.717) is 17.1 Å². The lowest BCUT2D eigenvalue weighted by Gasteiger charge is -2.17. The maximum Gasteiger partial charge on any atom is 0.240 e. The van der Waals surface area contributed by atoms with Gasteiger partial charge in [-0.25, -0.2) is 9.37 Å². The second-order valence-corrected chi connectivity index (χ2v) is 6.44. The fourth-order valence-corrected chi connectivity index (χ4v) is 2.45. The predicted molar refractivity (Wildman–Crippen MR) is 93.0 cm³/mol. The number of halogens is 1. The summed E-state index contributed by atoms with van der Waals surface area (Å²) < 4.78 is 19.5. The molecule has 0 aliphatic carbocycles. The van der Waals surface area contributed by atoms with E-state index in [0.717, 1.165) is 29.7 Å². The summed E-state index contributed by atoms with van der Waals surface area (Å²) in [5.41, 5.74) is 3.38. The van der Waals surface area contributed by atoms with Gasteiger partial charge in [0, 0.05) is 11.6 Å². The zero-order chi connectivity index (χ0) is 17.9. The van der Waals surface area contributed by atoms with Crippen LogP contribution in [0.3, 0.4) is 0 Å². The number of aromatic amines is 1. The molecule has 1 N–H and O–H groups in total. The Hall–Kier alpha value is -2.17. The van der Waals surface area contributed by atoms with E-state index in [2.05, 4.69) is 9.97 Å². The number of carbonyl (C=O) groups excluding carboxylic acids is 1. The number of aromatic nitrogens is 2. The Morgan fingerprint density at radius 2 is 2.04 bits per heavy atom. The summed E-state index contributed by atoms with van der Waals surface area (Å²) in [6.07, 6.45) is 0.226. The first-order chi connectivity index (χ1) is 11.4. The van der Waals surface area contributed by atoms with Gasteiger partial charge in [-0.2, -0.15) is 0 Å². The van der Waals surface area contributed by atoms with Crippen molar-refractivity contribution in [3.05, 3.63) is 35.2 Å². The van der Waals surface area contributed by atoms with Crippen molar-refractivity contribution in [1.29, 1.82) is 0 Å². The molecule has 0 saturated heterocycles. The molecule has 0 aliphatic rings. The number of hydrogen-bond acceptors (Lipinski definition) is 3. The molecular formula is C19H25FN2O2. The van der Waals surface area contributed by atoms with Crippen LogP contribution in [0, 0.1) is 12.8 Å². The topological polar surface area (TPSA) is 55.0 Å². The number of carbonyl (C=O) groups is 1. The lowest BCUT2D eigenvalue weighted by atomic mass is 10.1. The summed E-state index contributed by atoms with van der Waals surface area (Å²) in [7, 11) is 0. The average molecular weight is 332 g/mol. The van der Waals surface area contributed by atoms with Gasteiger partial charge in [0.2, 0.25) is 6.36 Å². The van der Waals surface area contributed by atoms with Gasteiger partial charge in [-0.3, -0.25) is 0 Å². The summed E-state index contributed by atoms with van der Waals surface area (Å²) in [5.74, 6) is 0.519. The molecule has 0 fully saturated rings. The van der Waals surface area contributed by atoms with E-state index < -0.39 is 6.36 Å². The van der Waals surface area contributed by atoms with E-state index in [1.165, 1.54) is 0 Å². The summed E-state index contributed by atoms with van der Waals surface area (Å²) >= 11 is 0. The number of alkyl halides is 1. The van der Waals surface area contributed by atoms with E-state index >= 15 is 0 Å². The monoisotopic (exact) mass is 332 g/mol. The molecular weight excluding hydrogens is 307 g/mol. The fraction of sp³-hybridized carbons (Fsp3) is 0.474. The average Bonchev–Trinajstić information content (AvgIpc) is 2.99. The Bertz CT molecular complexity index is 709. The van der Waals surface area contributed by atoms with Crippen LogP contribution in [0.5, 0.6) is 5.75 Å². The van der Waals surface area contributed by atoms with E-state index in [1.54, 1.807) is 19.9 Å². The van der Waals surface area contributed by atoms with Crippen molar-refractivity contribution >= 4 is 6.29 Å². The maximum atomic E-state index is 14.0. The Morgan fingerprint density at radius 1 is 1.33 bits per heavy atom. The summed E-state index contributed by atoms with van der Waals surface area (Å²) in [6, 6.07) is 5.55. The van der Waals surface area contributed by atoms with Gasteiger partial charge in [-0.1, -0.05) is 39.3 Å². The van der Waals surface area contributed by atoms with E-state index in [1.807, 2.05) is 32.9 Å². The first kappa shape index (κ1) is 18.2. The Labute approximate surface area is 142 Å². The number of nitrogens with zero attached hydrogens (tertiary/aromatic N) is 1. The zero-order valence-corrected chi connectivity index (χ0v) is 14.9. The number of benzene rings is 1. The zero-order valence-electron chi connectivity index (χ0n) is 14.9. The summed E-state index contributed by atoms with van der Waals surface area (Å²) in [4.78, 5) is 19.0. The molecule has 1 aromatic carbocycles. The van der Waals surface area contributed by atoms with Crippen LogP contribution in [0.25, 0.3) is 11.4 Å². The maximum absolute atomic E-state index is 14.0. The van der Waals surface area contributed by atoms with Gasteiger partial charge in [0.15, 0.2) is 0 Å². The first-order valence-corrected chi connectivity index (χ1v) is 8.33. The highest BCUT2D eigenvalue weighted by Crippen LogP contribution is 2.32. The molecule has 130 valence electrons. The number of aldehydes is 1. The lowest BCUT2D eigenvalue weighted by molar-refractivity contribution is -0.108. The van der Waals surface area contributed by atoms with Crippen LogP contribution in [0.4, 0.5) is 4.39 Å². The van der Waals surface area contributed by atoms with Crippen LogP contribution in [-0.2, 0) is 11.2 Å². The van der Waals surface area contributed by atoms with Crippen molar-refractivity contribution in [2.75, 3.05) is 0 Å². The molecule has 2 unspecified atom stereocenters. The quantitative estimate of drug-likeness (QED) is 0.755. The van der Waals surface area contributed by atoms with Gasteiger partial charge in [-0.05, 0) is 25.5 Å². The molecule has 2 rings (SSSR count). The molecule has 24 heavy (non-hydrogen) atoms. The van der Waals surface area contributed by atoms with Crippen LogP contribution in [0.15, 0.2) is 18.2 Å². The van der Waals surface area contributed by atoms with Crippen molar-refractivity contribution in [3.63, 3.8) is 0 Å². The molecule has 1 heterocycles. The normalized spacial score (nSPS) is 13.8. The smallest absolute Gasteiger partial charge is 0.240 e. The van der Waals surface area contributed by atoms with Gasteiger partial charge in [0.25, 0.3) is 0 Å². The molecule has 0 amide bonds. The second kappa shape index (κ2) is 7.60. The Morgan fingerprint density at radius 3 is 2.62 bits per heavy atom. The molecule has 5 heteroatoms. The third-order valence-corrected chi connectivity index (χ3v) is 3.95. The second-order valence-electron chi connectivity index (χ2n) is 6.44. The minimum absolute atomic E-state index is 0.243. The third-order valence-electron chi connectivity index (χ3n) is 3.95. The number of imidazole rings is 1. The summed E-state index contributed by atoms with van der Waals surface area (Å²) in [5, 5.41) is 0. The van der Waals surface area contributed by atoms with Gasteiger partial charge in [-0.15, -0.1) is 0 Å². The minimum atomic E-state index is -1.39. The van der Waals surface area contributed by atoms with E-state index in [4.69, 9.17) is 4.74 Å². The fourth-order valence-electron chi connectivity index (χ4n) is 2.45. The van der Waals surface area contributed by atoms with Crippen molar-refractivity contribution in [2.24, 2.45) is 5.92 Å². The summed E-state index contributed by atoms with van der Waals surface area (Å²) in [6.45, 7) is 9.31. The Balaban J connectivity index is 2.49. The molecule has 0 bridgehead atoms. The lowest BCUT2D eigenvalue weighted by Crippen LogP contribution is -2.17. The van der Waals surface area contributed by atoms with Crippen molar-refractivity contribution in [2.45, 2.75) is 53.3 Å². The SMILES string of the molecule is CCc1[nH]c(-c2cc(C)ccc2OC(F)C(C)C)nc1C(C)C=O. The largest absolute Gasteiger partial charge is 0.459 e. The highest BCUT2D eigenvalue weighted by molar-refractivity contribution is 5.68. The van der Waals surface area contributed by atoms with Crippen LogP contribution < -0.4 is 4.74 Å². The molecule has 4 nitrogen and oxygen atoms in total. The molecule has 2 aromatic rings. The number of rotatable bonds is 7. The minimum Gasteiger partial charge on any atom is -0.459 e. The third kappa shape index (κ3) is 3.83. The number of H-pyrrole nitrogens is 1. The predicted octanol–water partition coefficient (Wildman–Crippen LogP) is 4.58. The van der Waals surface area contributed by atoms with E-state index in [-0.39, 0.29) is 11.8 Å². The molecule has 1 aromatic heterocycles. The number of hydrogen-bond donors (Lipinski definition) is 1. The number of ether oxygens (including phenoxy) is 1. The molecule has 0 aliphatic heterocycles. The van der Waals surface area contributed by atoms with Crippen molar-refractivity contribution < 1.29 is 13.9 Å². The number of aryl methyl sites for hydroxylation is 2. The van der Waals surface area contributed by atoms with Gasteiger partial charge in [0.05, 0.1) is 17.2 Å². The standard InChI is InChI=1S/C19H25FN2O2/c1-6-15-17(13(5)10-23)22-19(21-15)14-9-12(4)7-8-16(14)24-18(20)11(2)3/h7-11,13,18H,6H2,1-5H3,(H,21,22). The van der Waals surface area contributed by atoms with Gasteiger partial charge in [0.1, 0.15) is 17.9 Å². The first-order valence-electron chi connectivity index (χ1n) is 8.33. The van der Waals surface area contributed by atoms with Crippen molar-refractivity contribution in [3.8, 4) is 17.1 Å². The molecule has 0 radical (unpaired) electrons. The highest BCUT2D eigenvalue weighted by atomic mass is 19.1. The Kier molecular flexibility index (Phi) is 5.75. The highest BCUT2D eigenvalue weighted by Gasteiger charge is 2.20. The molecule has 2 atom stereocenters.